The molecule has 2 aromatic carbocycles. The average Bonchev–Trinajstić information content (AvgIpc) is 2.61. The van der Waals surface area contributed by atoms with Gasteiger partial charge in [-0.05, 0) is 25.1 Å². The fourth-order valence-corrected chi connectivity index (χ4v) is 2.07. The number of non-ortho nitro benzene ring substituents is 1. The van der Waals surface area contributed by atoms with Crippen molar-refractivity contribution >= 4 is 23.3 Å². The number of nitro groups is 1. The number of nitrogens with zero attached hydrogens (tertiary/aromatic N) is 1. The summed E-state index contributed by atoms with van der Waals surface area (Å²) in [7, 11) is 1.35. The van der Waals surface area contributed by atoms with Crippen molar-refractivity contribution in [2.45, 2.75) is 13.0 Å². The Morgan fingerprint density at radius 3 is 2.54 bits per heavy atom. The Morgan fingerprint density at radius 2 is 1.92 bits per heavy atom. The van der Waals surface area contributed by atoms with E-state index in [1.807, 2.05) is 0 Å². The van der Waals surface area contributed by atoms with Gasteiger partial charge >= 0.3 is 5.97 Å². The van der Waals surface area contributed by atoms with Gasteiger partial charge in [-0.1, -0.05) is 12.1 Å². The molecular formula is C17H16N2O7. The van der Waals surface area contributed by atoms with Crippen molar-refractivity contribution in [2.24, 2.45) is 0 Å². The number of rotatable bonds is 6. The third-order valence-corrected chi connectivity index (χ3v) is 3.43. The first-order chi connectivity index (χ1) is 12.3. The molecule has 0 radical (unpaired) electrons. The van der Waals surface area contributed by atoms with Crippen LogP contribution in [0.5, 0.6) is 11.5 Å². The van der Waals surface area contributed by atoms with Crippen LogP contribution in [0.25, 0.3) is 0 Å². The van der Waals surface area contributed by atoms with Gasteiger partial charge in [0, 0.05) is 12.1 Å². The van der Waals surface area contributed by atoms with Crippen molar-refractivity contribution in [3.05, 3.63) is 58.1 Å². The third kappa shape index (κ3) is 4.26. The van der Waals surface area contributed by atoms with Gasteiger partial charge in [0.15, 0.2) is 6.10 Å². The third-order valence-electron chi connectivity index (χ3n) is 3.43. The molecule has 0 bridgehead atoms. The van der Waals surface area contributed by atoms with E-state index in [0.29, 0.717) is 0 Å². The lowest BCUT2D eigenvalue weighted by molar-refractivity contribution is -0.384. The second-order valence-electron chi connectivity index (χ2n) is 5.20. The van der Waals surface area contributed by atoms with E-state index in [9.17, 15) is 24.8 Å². The lowest BCUT2D eigenvalue weighted by atomic mass is 10.2. The number of esters is 1. The largest absolute Gasteiger partial charge is 0.507 e. The van der Waals surface area contributed by atoms with Gasteiger partial charge in [0.2, 0.25) is 0 Å². The molecule has 0 aromatic heterocycles. The molecule has 9 nitrogen and oxygen atoms in total. The molecule has 0 saturated heterocycles. The lowest BCUT2D eigenvalue weighted by Gasteiger charge is -2.15. The Hall–Kier alpha value is -3.62. The molecule has 0 spiro atoms. The molecular weight excluding hydrogens is 344 g/mol. The van der Waals surface area contributed by atoms with Crippen LogP contribution in [0.3, 0.4) is 0 Å². The molecule has 0 aliphatic carbocycles. The first kappa shape index (κ1) is 18.7. The van der Waals surface area contributed by atoms with E-state index < -0.39 is 22.9 Å². The topological polar surface area (TPSA) is 128 Å². The zero-order chi connectivity index (χ0) is 19.3. The summed E-state index contributed by atoms with van der Waals surface area (Å²) in [5, 5.41) is 22.9. The standard InChI is InChI=1S/C17H16N2O7/c1-10(26-17(22)12-5-3-4-6-14(12)20)16(21)18-13-9-11(19(23)24)7-8-15(13)25-2/h3-10,20H,1-2H3,(H,18,21)/t10-/m1/s1. The molecule has 2 N–H and O–H groups in total. The van der Waals surface area contributed by atoms with Crippen LogP contribution in [-0.4, -0.2) is 35.1 Å². The minimum absolute atomic E-state index is 0.0668. The number of hydrogen-bond acceptors (Lipinski definition) is 7. The maximum Gasteiger partial charge on any atom is 0.342 e. The number of phenolic OH excluding ortho intramolecular Hbond substituents is 1. The number of para-hydroxylation sites is 1. The van der Waals surface area contributed by atoms with Gasteiger partial charge in [0.05, 0.1) is 17.7 Å². The number of hydrogen-bond donors (Lipinski definition) is 2. The van der Waals surface area contributed by atoms with E-state index in [0.717, 1.165) is 6.07 Å². The predicted molar refractivity (Wildman–Crippen MR) is 91.3 cm³/mol. The number of methoxy groups -OCH3 is 1. The maximum atomic E-state index is 12.2. The number of benzene rings is 2. The molecule has 1 atom stereocenters. The zero-order valence-corrected chi connectivity index (χ0v) is 14.0. The van der Waals surface area contributed by atoms with Gasteiger partial charge < -0.3 is 19.9 Å². The predicted octanol–water partition coefficient (Wildman–Crippen LogP) is 2.49. The number of amides is 1. The van der Waals surface area contributed by atoms with Crippen LogP contribution in [0.15, 0.2) is 42.5 Å². The van der Waals surface area contributed by atoms with Gasteiger partial charge in [-0.15, -0.1) is 0 Å². The summed E-state index contributed by atoms with van der Waals surface area (Å²) >= 11 is 0. The quantitative estimate of drug-likeness (QED) is 0.460. The molecule has 2 rings (SSSR count). The van der Waals surface area contributed by atoms with Crippen LogP contribution in [0.1, 0.15) is 17.3 Å². The van der Waals surface area contributed by atoms with Gasteiger partial charge in [-0.2, -0.15) is 0 Å². The number of nitro benzene ring substituents is 1. The number of anilines is 1. The Labute approximate surface area is 148 Å². The first-order valence-corrected chi connectivity index (χ1v) is 7.45. The fourth-order valence-electron chi connectivity index (χ4n) is 2.07. The molecule has 0 fully saturated rings. The van der Waals surface area contributed by atoms with Crippen molar-refractivity contribution in [3.63, 3.8) is 0 Å². The number of ether oxygens (including phenoxy) is 2. The first-order valence-electron chi connectivity index (χ1n) is 7.45. The molecule has 0 aliphatic heterocycles. The number of nitrogens with one attached hydrogen (secondary N) is 1. The second-order valence-corrected chi connectivity index (χ2v) is 5.20. The van der Waals surface area contributed by atoms with E-state index >= 15 is 0 Å². The van der Waals surface area contributed by atoms with Crippen LogP contribution >= 0.6 is 0 Å². The van der Waals surface area contributed by atoms with Crippen molar-refractivity contribution in [1.29, 1.82) is 0 Å². The Bertz CT molecular complexity index is 851. The SMILES string of the molecule is COc1ccc([N+](=O)[O-])cc1NC(=O)[C@@H](C)OC(=O)c1ccccc1O. The highest BCUT2D eigenvalue weighted by atomic mass is 16.6. The van der Waals surface area contributed by atoms with Gasteiger partial charge in [-0.3, -0.25) is 14.9 Å². The van der Waals surface area contributed by atoms with E-state index in [4.69, 9.17) is 9.47 Å². The molecule has 9 heteroatoms. The van der Waals surface area contributed by atoms with Gasteiger partial charge in [-0.25, -0.2) is 4.79 Å². The van der Waals surface area contributed by atoms with E-state index in [2.05, 4.69) is 5.32 Å². The van der Waals surface area contributed by atoms with Crippen molar-refractivity contribution < 1.29 is 29.1 Å². The van der Waals surface area contributed by atoms with Crippen molar-refractivity contribution in [1.82, 2.24) is 0 Å². The highest BCUT2D eigenvalue weighted by Crippen LogP contribution is 2.29. The Balaban J connectivity index is 2.12. The summed E-state index contributed by atoms with van der Waals surface area (Å²) in [5.41, 5.74) is -0.253. The number of carbonyl (C=O) groups is 2. The van der Waals surface area contributed by atoms with Crippen LogP contribution in [0.2, 0.25) is 0 Å². The average molecular weight is 360 g/mol. The van der Waals surface area contributed by atoms with Crippen LogP contribution in [-0.2, 0) is 9.53 Å². The molecule has 136 valence electrons. The second kappa shape index (κ2) is 7.97. The van der Waals surface area contributed by atoms with E-state index in [1.165, 1.54) is 50.4 Å². The smallest absolute Gasteiger partial charge is 0.342 e. The lowest BCUT2D eigenvalue weighted by Crippen LogP contribution is -2.30. The van der Waals surface area contributed by atoms with Crippen LogP contribution in [0, 0.1) is 10.1 Å². The summed E-state index contributed by atoms with van der Waals surface area (Å²) in [6.07, 6.45) is -1.22. The number of aromatic hydroxyl groups is 1. The van der Waals surface area contributed by atoms with Crippen molar-refractivity contribution in [3.8, 4) is 11.5 Å². The van der Waals surface area contributed by atoms with Gasteiger partial charge in [0.25, 0.3) is 11.6 Å². The van der Waals surface area contributed by atoms with Crippen molar-refractivity contribution in [2.75, 3.05) is 12.4 Å². The van der Waals surface area contributed by atoms with Gasteiger partial charge in [0.1, 0.15) is 17.1 Å². The minimum Gasteiger partial charge on any atom is -0.507 e. The fraction of sp³-hybridized carbons (Fsp3) is 0.176. The summed E-state index contributed by atoms with van der Waals surface area (Å²) in [4.78, 5) is 34.5. The number of phenols is 1. The minimum atomic E-state index is -1.22. The Morgan fingerprint density at radius 1 is 1.23 bits per heavy atom. The Kier molecular flexibility index (Phi) is 5.74. The molecule has 0 heterocycles. The molecule has 0 unspecified atom stereocenters. The summed E-state index contributed by atoms with van der Waals surface area (Å²) in [6.45, 7) is 1.33. The highest BCUT2D eigenvalue weighted by Gasteiger charge is 2.22. The highest BCUT2D eigenvalue weighted by molar-refractivity contribution is 5.99. The number of carbonyl (C=O) groups excluding carboxylic acids is 2. The summed E-state index contributed by atoms with van der Waals surface area (Å²) < 4.78 is 10.1. The van der Waals surface area contributed by atoms with Crippen LogP contribution in [0.4, 0.5) is 11.4 Å². The van der Waals surface area contributed by atoms with E-state index in [1.54, 1.807) is 0 Å². The molecule has 2 aromatic rings. The van der Waals surface area contributed by atoms with Crippen LogP contribution < -0.4 is 10.1 Å². The monoisotopic (exact) mass is 360 g/mol. The molecule has 0 aliphatic rings. The summed E-state index contributed by atoms with van der Waals surface area (Å²) in [5.74, 6) is -1.65. The zero-order valence-electron chi connectivity index (χ0n) is 14.0. The normalized spacial score (nSPS) is 11.3. The van der Waals surface area contributed by atoms with E-state index in [-0.39, 0.29) is 28.4 Å². The molecule has 0 saturated carbocycles. The summed E-state index contributed by atoms with van der Waals surface area (Å²) in [6, 6.07) is 9.45. The maximum absolute atomic E-state index is 12.2. The molecule has 1 amide bonds. The molecule has 26 heavy (non-hydrogen) atoms.